The number of carbonyl (C=O) groups excluding carboxylic acids is 2. The second-order valence-electron chi connectivity index (χ2n) is 7.89. The molecule has 2 amide bonds. The Labute approximate surface area is 177 Å². The van der Waals surface area contributed by atoms with Gasteiger partial charge in [-0.1, -0.05) is 42.5 Å². The lowest BCUT2D eigenvalue weighted by molar-refractivity contribution is -0.125. The van der Waals surface area contributed by atoms with E-state index in [0.29, 0.717) is 12.5 Å². The number of benzene rings is 2. The molecule has 0 aromatic heterocycles. The summed E-state index contributed by atoms with van der Waals surface area (Å²) < 4.78 is 0. The number of nitrogens with one attached hydrogen (secondary N) is 1. The van der Waals surface area contributed by atoms with Crippen molar-refractivity contribution in [3.05, 3.63) is 60.2 Å². The van der Waals surface area contributed by atoms with E-state index in [1.54, 1.807) is 11.8 Å². The first-order chi connectivity index (χ1) is 14.2. The standard InChI is InChI=1S/C24H28N2O2S/c27-23(25-20-12-10-19(11-13-20)18-6-2-1-3-7-18)14-15-24(28)26-16-17-29-22-9-5-4-8-21(22)26/h1-9,19-20H,10-17H2,(H,25,27). The molecule has 2 aromatic rings. The Morgan fingerprint density at radius 2 is 1.66 bits per heavy atom. The second-order valence-corrected chi connectivity index (χ2v) is 9.03. The first kappa shape index (κ1) is 20.0. The molecule has 2 aliphatic rings. The van der Waals surface area contributed by atoms with Gasteiger partial charge in [-0.25, -0.2) is 0 Å². The summed E-state index contributed by atoms with van der Waals surface area (Å²) in [6.07, 6.45) is 4.77. The van der Waals surface area contributed by atoms with Crippen molar-refractivity contribution in [2.45, 2.75) is 55.4 Å². The van der Waals surface area contributed by atoms with Gasteiger partial charge in [0, 0.05) is 36.1 Å². The lowest BCUT2D eigenvalue weighted by Crippen LogP contribution is -2.39. The zero-order chi connectivity index (χ0) is 20.1. The second kappa shape index (κ2) is 9.49. The monoisotopic (exact) mass is 408 g/mol. The van der Waals surface area contributed by atoms with Gasteiger partial charge in [0.05, 0.1) is 5.69 Å². The van der Waals surface area contributed by atoms with E-state index in [2.05, 4.69) is 41.7 Å². The van der Waals surface area contributed by atoms with Gasteiger partial charge in [0.15, 0.2) is 0 Å². The smallest absolute Gasteiger partial charge is 0.227 e. The third kappa shape index (κ3) is 5.02. The summed E-state index contributed by atoms with van der Waals surface area (Å²) in [5.74, 6) is 1.55. The van der Waals surface area contributed by atoms with Crippen molar-refractivity contribution in [1.82, 2.24) is 5.32 Å². The molecule has 1 saturated carbocycles. The molecule has 5 heteroatoms. The van der Waals surface area contributed by atoms with E-state index in [4.69, 9.17) is 0 Å². The number of fused-ring (bicyclic) bond motifs is 1. The minimum Gasteiger partial charge on any atom is -0.353 e. The molecule has 0 atom stereocenters. The number of rotatable bonds is 5. The van der Waals surface area contributed by atoms with Gasteiger partial charge in [-0.15, -0.1) is 11.8 Å². The van der Waals surface area contributed by atoms with Crippen LogP contribution in [0.25, 0.3) is 0 Å². The van der Waals surface area contributed by atoms with Crippen molar-refractivity contribution >= 4 is 29.3 Å². The van der Waals surface area contributed by atoms with Crippen LogP contribution >= 0.6 is 11.8 Å². The van der Waals surface area contributed by atoms with E-state index in [9.17, 15) is 9.59 Å². The molecule has 1 aliphatic carbocycles. The molecular weight excluding hydrogens is 380 g/mol. The van der Waals surface area contributed by atoms with Gasteiger partial charge >= 0.3 is 0 Å². The molecule has 4 rings (SSSR count). The topological polar surface area (TPSA) is 49.4 Å². The molecule has 29 heavy (non-hydrogen) atoms. The maximum Gasteiger partial charge on any atom is 0.227 e. The average molecular weight is 409 g/mol. The van der Waals surface area contributed by atoms with Crippen molar-refractivity contribution < 1.29 is 9.59 Å². The van der Waals surface area contributed by atoms with Gasteiger partial charge in [0.1, 0.15) is 0 Å². The Bertz CT molecular complexity index is 847. The fourth-order valence-electron chi connectivity index (χ4n) is 4.38. The Morgan fingerprint density at radius 1 is 0.931 bits per heavy atom. The Balaban J connectivity index is 1.22. The quantitative estimate of drug-likeness (QED) is 0.777. The number of nitrogens with zero attached hydrogens (tertiary/aromatic N) is 1. The molecule has 1 N–H and O–H groups in total. The molecule has 4 nitrogen and oxygen atoms in total. The van der Waals surface area contributed by atoms with Gasteiger partial charge in [-0.05, 0) is 49.3 Å². The fraction of sp³-hybridized carbons (Fsp3) is 0.417. The zero-order valence-electron chi connectivity index (χ0n) is 16.7. The number of amides is 2. The summed E-state index contributed by atoms with van der Waals surface area (Å²) in [5.41, 5.74) is 2.39. The summed E-state index contributed by atoms with van der Waals surface area (Å²) in [7, 11) is 0. The van der Waals surface area contributed by atoms with Crippen LogP contribution < -0.4 is 10.2 Å². The average Bonchev–Trinajstić information content (AvgIpc) is 2.78. The normalized spacial score (nSPS) is 21.3. The van der Waals surface area contributed by atoms with E-state index in [1.807, 2.05) is 23.1 Å². The number of carbonyl (C=O) groups is 2. The van der Waals surface area contributed by atoms with E-state index in [-0.39, 0.29) is 30.7 Å². The largest absolute Gasteiger partial charge is 0.353 e. The van der Waals surface area contributed by atoms with Crippen LogP contribution in [-0.2, 0) is 9.59 Å². The van der Waals surface area contributed by atoms with Crippen molar-refractivity contribution in [2.24, 2.45) is 0 Å². The van der Waals surface area contributed by atoms with Gasteiger partial charge in [-0.3, -0.25) is 9.59 Å². The molecule has 2 aromatic carbocycles. The third-order valence-electron chi connectivity index (χ3n) is 5.96. The number of thioether (sulfide) groups is 1. The van der Waals surface area contributed by atoms with E-state index < -0.39 is 0 Å². The number of hydrogen-bond donors (Lipinski definition) is 1. The van der Waals surface area contributed by atoms with E-state index in [1.165, 1.54) is 5.56 Å². The first-order valence-electron chi connectivity index (χ1n) is 10.6. The third-order valence-corrected chi connectivity index (χ3v) is 7.00. The van der Waals surface area contributed by atoms with Gasteiger partial charge in [0.2, 0.25) is 11.8 Å². The van der Waals surface area contributed by atoms with E-state index in [0.717, 1.165) is 42.0 Å². The van der Waals surface area contributed by atoms with E-state index >= 15 is 0 Å². The van der Waals surface area contributed by atoms with Crippen LogP contribution in [0.5, 0.6) is 0 Å². The first-order valence-corrected chi connectivity index (χ1v) is 11.6. The molecule has 0 saturated heterocycles. The summed E-state index contributed by atoms with van der Waals surface area (Å²) in [5, 5.41) is 3.15. The minimum atomic E-state index is 0.00109. The fourth-order valence-corrected chi connectivity index (χ4v) is 5.37. The summed E-state index contributed by atoms with van der Waals surface area (Å²) in [6, 6.07) is 18.9. The summed E-state index contributed by atoms with van der Waals surface area (Å²) >= 11 is 1.78. The molecule has 1 heterocycles. The molecule has 0 bridgehead atoms. The highest BCUT2D eigenvalue weighted by molar-refractivity contribution is 7.99. The zero-order valence-corrected chi connectivity index (χ0v) is 17.5. The molecule has 1 fully saturated rings. The van der Waals surface area contributed by atoms with Crippen LogP contribution in [-0.4, -0.2) is 30.2 Å². The maximum atomic E-state index is 12.7. The maximum absolute atomic E-state index is 12.7. The van der Waals surface area contributed by atoms with Crippen LogP contribution in [0.1, 0.15) is 50.0 Å². The summed E-state index contributed by atoms with van der Waals surface area (Å²) in [6.45, 7) is 0.714. The van der Waals surface area contributed by atoms with Crippen molar-refractivity contribution in [2.75, 3.05) is 17.2 Å². The van der Waals surface area contributed by atoms with Crippen molar-refractivity contribution in [1.29, 1.82) is 0 Å². The van der Waals surface area contributed by atoms with Crippen molar-refractivity contribution in [3.63, 3.8) is 0 Å². The van der Waals surface area contributed by atoms with Gasteiger partial charge in [-0.2, -0.15) is 0 Å². The molecule has 0 radical (unpaired) electrons. The predicted molar refractivity (Wildman–Crippen MR) is 118 cm³/mol. The molecule has 152 valence electrons. The van der Waals surface area contributed by atoms with Crippen LogP contribution in [0, 0.1) is 0 Å². The number of anilines is 1. The van der Waals surface area contributed by atoms with Crippen LogP contribution in [0.15, 0.2) is 59.5 Å². The Kier molecular flexibility index (Phi) is 6.55. The minimum absolute atomic E-state index is 0.00109. The number of para-hydroxylation sites is 1. The lowest BCUT2D eigenvalue weighted by atomic mass is 9.82. The molecule has 0 spiro atoms. The Morgan fingerprint density at radius 3 is 2.45 bits per heavy atom. The lowest BCUT2D eigenvalue weighted by Gasteiger charge is -2.30. The van der Waals surface area contributed by atoms with Crippen LogP contribution in [0.2, 0.25) is 0 Å². The molecule has 1 aliphatic heterocycles. The van der Waals surface area contributed by atoms with Crippen LogP contribution in [0.3, 0.4) is 0 Å². The SMILES string of the molecule is O=C(CCC(=O)N1CCSc2ccccc21)NC1CCC(c2ccccc2)CC1. The summed E-state index contributed by atoms with van der Waals surface area (Å²) in [4.78, 5) is 28.1. The van der Waals surface area contributed by atoms with Gasteiger partial charge < -0.3 is 10.2 Å². The predicted octanol–water partition coefficient (Wildman–Crippen LogP) is 4.75. The number of hydrogen-bond acceptors (Lipinski definition) is 3. The van der Waals surface area contributed by atoms with Crippen molar-refractivity contribution in [3.8, 4) is 0 Å². The highest BCUT2D eigenvalue weighted by Gasteiger charge is 2.25. The highest BCUT2D eigenvalue weighted by Crippen LogP contribution is 2.35. The van der Waals surface area contributed by atoms with Gasteiger partial charge in [0.25, 0.3) is 0 Å². The molecular formula is C24H28N2O2S. The Hall–Kier alpha value is -2.27. The van der Waals surface area contributed by atoms with Crippen LogP contribution in [0.4, 0.5) is 5.69 Å². The molecule has 0 unspecified atom stereocenters. The highest BCUT2D eigenvalue weighted by atomic mass is 32.2.